The lowest BCUT2D eigenvalue weighted by Crippen LogP contribution is -2.26. The van der Waals surface area contributed by atoms with E-state index in [2.05, 4.69) is 5.32 Å². The van der Waals surface area contributed by atoms with Crippen LogP contribution in [0.3, 0.4) is 0 Å². The SMILES string of the molecule is COc1ccc([C@H]2CCCCN2)o1. The topological polar surface area (TPSA) is 34.4 Å². The number of methoxy groups -OCH3 is 1. The molecule has 72 valence electrons. The van der Waals surface area contributed by atoms with Gasteiger partial charge in [0.15, 0.2) is 0 Å². The van der Waals surface area contributed by atoms with Crippen molar-refractivity contribution in [1.29, 1.82) is 0 Å². The quantitative estimate of drug-likeness (QED) is 0.758. The number of hydrogen-bond donors (Lipinski definition) is 1. The first kappa shape index (κ1) is 8.63. The Labute approximate surface area is 78.1 Å². The predicted octanol–water partition coefficient (Wildman–Crippen LogP) is 2.10. The van der Waals surface area contributed by atoms with Gasteiger partial charge in [-0.2, -0.15) is 0 Å². The van der Waals surface area contributed by atoms with Crippen LogP contribution in [0.25, 0.3) is 0 Å². The summed E-state index contributed by atoms with van der Waals surface area (Å²) in [6, 6.07) is 4.24. The van der Waals surface area contributed by atoms with Gasteiger partial charge in [0.25, 0.3) is 5.95 Å². The fourth-order valence-corrected chi connectivity index (χ4v) is 1.73. The maximum absolute atomic E-state index is 5.49. The van der Waals surface area contributed by atoms with Crippen LogP contribution >= 0.6 is 0 Å². The average Bonchev–Trinajstić information content (AvgIpc) is 2.67. The second-order valence-corrected chi connectivity index (χ2v) is 3.36. The third-order valence-corrected chi connectivity index (χ3v) is 2.46. The molecule has 3 heteroatoms. The van der Waals surface area contributed by atoms with Crippen molar-refractivity contribution >= 4 is 0 Å². The molecule has 1 aliphatic heterocycles. The molecule has 0 amide bonds. The maximum atomic E-state index is 5.49. The second-order valence-electron chi connectivity index (χ2n) is 3.36. The van der Waals surface area contributed by atoms with Crippen molar-refractivity contribution in [2.24, 2.45) is 0 Å². The summed E-state index contributed by atoms with van der Waals surface area (Å²) in [4.78, 5) is 0. The lowest BCUT2D eigenvalue weighted by molar-refractivity contribution is 0.270. The molecule has 2 heterocycles. The van der Waals surface area contributed by atoms with E-state index in [4.69, 9.17) is 9.15 Å². The first-order chi connectivity index (χ1) is 6.40. The van der Waals surface area contributed by atoms with Gasteiger partial charge in [0.1, 0.15) is 5.76 Å². The molecule has 0 unspecified atom stereocenters. The van der Waals surface area contributed by atoms with E-state index in [0.717, 1.165) is 18.7 Å². The van der Waals surface area contributed by atoms with E-state index in [9.17, 15) is 0 Å². The summed E-state index contributed by atoms with van der Waals surface area (Å²) in [6.45, 7) is 1.09. The van der Waals surface area contributed by atoms with Crippen molar-refractivity contribution in [2.45, 2.75) is 25.3 Å². The Bertz CT molecular complexity index is 264. The fraction of sp³-hybridized carbons (Fsp3) is 0.600. The van der Waals surface area contributed by atoms with Crippen LogP contribution in [0, 0.1) is 0 Å². The van der Waals surface area contributed by atoms with Gasteiger partial charge in [-0.25, -0.2) is 0 Å². The van der Waals surface area contributed by atoms with E-state index < -0.39 is 0 Å². The molecule has 0 aliphatic carbocycles. The Morgan fingerprint density at radius 2 is 2.38 bits per heavy atom. The average molecular weight is 181 g/mol. The molecule has 0 saturated carbocycles. The van der Waals surface area contributed by atoms with Gasteiger partial charge in [0.2, 0.25) is 0 Å². The van der Waals surface area contributed by atoms with Crippen LogP contribution in [0.15, 0.2) is 16.5 Å². The number of furan rings is 1. The number of nitrogens with one attached hydrogen (secondary N) is 1. The lowest BCUT2D eigenvalue weighted by atomic mass is 10.0. The number of rotatable bonds is 2. The summed E-state index contributed by atoms with van der Waals surface area (Å²) >= 11 is 0. The summed E-state index contributed by atoms with van der Waals surface area (Å²) in [5.74, 6) is 1.60. The predicted molar refractivity (Wildman–Crippen MR) is 49.9 cm³/mol. The Balaban J connectivity index is 2.05. The van der Waals surface area contributed by atoms with E-state index in [1.807, 2.05) is 12.1 Å². The Hall–Kier alpha value is -0.960. The normalized spacial score (nSPS) is 23.0. The monoisotopic (exact) mass is 181 g/mol. The summed E-state index contributed by atoms with van der Waals surface area (Å²) in [6.07, 6.45) is 3.71. The van der Waals surface area contributed by atoms with Crippen molar-refractivity contribution in [3.05, 3.63) is 17.9 Å². The highest BCUT2D eigenvalue weighted by Gasteiger charge is 2.17. The first-order valence-electron chi connectivity index (χ1n) is 4.77. The zero-order valence-corrected chi connectivity index (χ0v) is 7.88. The summed E-state index contributed by atoms with van der Waals surface area (Å²) in [5.41, 5.74) is 0. The molecule has 1 atom stereocenters. The minimum absolute atomic E-state index is 0.387. The summed E-state index contributed by atoms with van der Waals surface area (Å²) in [7, 11) is 1.62. The standard InChI is InChI=1S/C10H15NO2/c1-12-10-6-5-9(13-10)8-4-2-3-7-11-8/h5-6,8,11H,2-4,7H2,1H3/t8-/m1/s1. The number of piperidine rings is 1. The van der Waals surface area contributed by atoms with E-state index in [-0.39, 0.29) is 0 Å². The van der Waals surface area contributed by atoms with Crippen LogP contribution in [0.5, 0.6) is 5.95 Å². The summed E-state index contributed by atoms with van der Waals surface area (Å²) in [5, 5.41) is 3.42. The van der Waals surface area contributed by atoms with E-state index in [1.165, 1.54) is 12.8 Å². The molecule has 1 N–H and O–H groups in total. The van der Waals surface area contributed by atoms with Gasteiger partial charge in [0, 0.05) is 6.07 Å². The van der Waals surface area contributed by atoms with Crippen molar-refractivity contribution in [3.63, 3.8) is 0 Å². The van der Waals surface area contributed by atoms with E-state index in [1.54, 1.807) is 7.11 Å². The molecule has 1 saturated heterocycles. The number of ether oxygens (including phenoxy) is 1. The molecular weight excluding hydrogens is 166 g/mol. The molecule has 0 aromatic carbocycles. The smallest absolute Gasteiger partial charge is 0.284 e. The molecule has 2 rings (SSSR count). The number of hydrogen-bond acceptors (Lipinski definition) is 3. The first-order valence-corrected chi connectivity index (χ1v) is 4.77. The highest BCUT2D eigenvalue weighted by Crippen LogP contribution is 2.26. The maximum Gasteiger partial charge on any atom is 0.284 e. The Kier molecular flexibility index (Phi) is 2.54. The van der Waals surface area contributed by atoms with Gasteiger partial charge >= 0.3 is 0 Å². The lowest BCUT2D eigenvalue weighted by Gasteiger charge is -2.21. The molecule has 1 fully saturated rings. The molecule has 13 heavy (non-hydrogen) atoms. The van der Waals surface area contributed by atoms with Crippen molar-refractivity contribution in [2.75, 3.05) is 13.7 Å². The van der Waals surface area contributed by atoms with Gasteiger partial charge in [-0.3, -0.25) is 0 Å². The molecule has 0 spiro atoms. The minimum atomic E-state index is 0.387. The van der Waals surface area contributed by atoms with Gasteiger partial charge in [-0.15, -0.1) is 0 Å². The van der Waals surface area contributed by atoms with Gasteiger partial charge < -0.3 is 14.5 Å². The van der Waals surface area contributed by atoms with Gasteiger partial charge in [-0.1, -0.05) is 6.42 Å². The molecule has 1 aliphatic rings. The molecular formula is C10H15NO2. The zero-order valence-electron chi connectivity index (χ0n) is 7.88. The fourth-order valence-electron chi connectivity index (χ4n) is 1.73. The Morgan fingerprint density at radius 1 is 1.46 bits per heavy atom. The highest BCUT2D eigenvalue weighted by atomic mass is 16.6. The van der Waals surface area contributed by atoms with Gasteiger partial charge in [0.05, 0.1) is 13.2 Å². The molecule has 1 aromatic heterocycles. The van der Waals surface area contributed by atoms with E-state index >= 15 is 0 Å². The largest absolute Gasteiger partial charge is 0.468 e. The highest BCUT2D eigenvalue weighted by molar-refractivity contribution is 5.14. The second kappa shape index (κ2) is 3.83. The van der Waals surface area contributed by atoms with Crippen LogP contribution < -0.4 is 10.1 Å². The third kappa shape index (κ3) is 1.86. The molecule has 3 nitrogen and oxygen atoms in total. The van der Waals surface area contributed by atoms with Crippen molar-refractivity contribution in [1.82, 2.24) is 5.32 Å². The Morgan fingerprint density at radius 3 is 3.00 bits per heavy atom. The third-order valence-electron chi connectivity index (χ3n) is 2.46. The molecule has 0 bridgehead atoms. The zero-order chi connectivity index (χ0) is 9.10. The van der Waals surface area contributed by atoms with Crippen LogP contribution in [-0.2, 0) is 0 Å². The van der Waals surface area contributed by atoms with Crippen molar-refractivity contribution in [3.8, 4) is 5.95 Å². The van der Waals surface area contributed by atoms with Crippen LogP contribution in [0.1, 0.15) is 31.1 Å². The van der Waals surface area contributed by atoms with E-state index in [0.29, 0.717) is 12.0 Å². The molecule has 0 radical (unpaired) electrons. The minimum Gasteiger partial charge on any atom is -0.468 e. The van der Waals surface area contributed by atoms with Crippen LogP contribution in [0.4, 0.5) is 0 Å². The van der Waals surface area contributed by atoms with Crippen LogP contribution in [-0.4, -0.2) is 13.7 Å². The van der Waals surface area contributed by atoms with Gasteiger partial charge in [-0.05, 0) is 25.5 Å². The molecule has 1 aromatic rings. The summed E-state index contributed by atoms with van der Waals surface area (Å²) < 4.78 is 10.5. The van der Waals surface area contributed by atoms with Crippen LogP contribution in [0.2, 0.25) is 0 Å². The van der Waals surface area contributed by atoms with Crippen molar-refractivity contribution < 1.29 is 9.15 Å².